The van der Waals surface area contributed by atoms with Crippen molar-refractivity contribution in [1.82, 2.24) is 5.32 Å². The Morgan fingerprint density at radius 2 is 1.67 bits per heavy atom. The van der Waals surface area contributed by atoms with Crippen molar-refractivity contribution < 1.29 is 43.1 Å². The van der Waals surface area contributed by atoms with E-state index in [1.54, 1.807) is 12.1 Å². The molecule has 4 atom stereocenters. The number of nitrogens with one attached hydrogen (secondary N) is 1. The zero-order valence-electron chi connectivity index (χ0n) is 21.6. The minimum absolute atomic E-state index is 0.0976. The van der Waals surface area contributed by atoms with Crippen LogP contribution in [0.1, 0.15) is 35.1 Å². The normalized spacial score (nSPS) is 27.5. The fraction of sp³-hybridized carbons (Fsp3) is 0.414. The van der Waals surface area contributed by atoms with Crippen LogP contribution in [0.5, 0.6) is 28.7 Å². The van der Waals surface area contributed by atoms with Gasteiger partial charge in [-0.15, -0.1) is 0 Å². The van der Waals surface area contributed by atoms with Crippen molar-refractivity contribution in [1.29, 1.82) is 0 Å². The molecule has 0 bridgehead atoms. The van der Waals surface area contributed by atoms with E-state index < -0.39 is 17.6 Å². The number of benzene rings is 2. The van der Waals surface area contributed by atoms with Crippen LogP contribution in [0.2, 0.25) is 0 Å². The molecule has 10 heteroatoms. The van der Waals surface area contributed by atoms with E-state index in [4.69, 9.17) is 33.2 Å². The summed E-state index contributed by atoms with van der Waals surface area (Å²) in [5.74, 6) is -0.326. The number of rotatable bonds is 5. The number of phenols is 1. The molecule has 5 aliphatic rings. The molecule has 1 spiro atoms. The van der Waals surface area contributed by atoms with Crippen LogP contribution in [-0.4, -0.2) is 57.7 Å². The van der Waals surface area contributed by atoms with Crippen LogP contribution in [0.15, 0.2) is 48.2 Å². The molecule has 2 aromatic rings. The van der Waals surface area contributed by atoms with Crippen molar-refractivity contribution in [3.05, 3.63) is 64.9 Å². The highest BCUT2D eigenvalue weighted by Crippen LogP contribution is 2.55. The van der Waals surface area contributed by atoms with Crippen molar-refractivity contribution in [3.63, 3.8) is 0 Å². The van der Waals surface area contributed by atoms with Gasteiger partial charge in [0.25, 0.3) is 0 Å². The first-order valence-corrected chi connectivity index (χ1v) is 13.0. The molecule has 3 aliphatic heterocycles. The first kappa shape index (κ1) is 24.2. The summed E-state index contributed by atoms with van der Waals surface area (Å²) in [6, 6.07) is 7.21. The van der Waals surface area contributed by atoms with Crippen LogP contribution in [0.25, 0.3) is 0 Å². The summed E-state index contributed by atoms with van der Waals surface area (Å²) < 4.78 is 39.7. The summed E-state index contributed by atoms with van der Waals surface area (Å²) in [5, 5.41) is 14.2. The molecule has 7 rings (SSSR count). The highest BCUT2D eigenvalue weighted by Gasteiger charge is 2.53. The van der Waals surface area contributed by atoms with Crippen molar-refractivity contribution >= 4 is 5.97 Å². The van der Waals surface area contributed by atoms with E-state index in [1.165, 1.54) is 14.2 Å². The predicted molar refractivity (Wildman–Crippen MR) is 136 cm³/mol. The number of carbonyl (C=O) groups is 1. The number of phenolic OH excluding ortho intramolecular Hbond substituents is 1. The number of allylic oxidation sites excluding steroid dienone is 1. The lowest BCUT2D eigenvalue weighted by atomic mass is 9.65. The van der Waals surface area contributed by atoms with Gasteiger partial charge in [-0.2, -0.15) is 0 Å². The third kappa shape index (κ3) is 3.81. The van der Waals surface area contributed by atoms with Gasteiger partial charge in [0.2, 0.25) is 12.5 Å². The molecule has 204 valence electrons. The average molecular weight is 536 g/mol. The quantitative estimate of drug-likeness (QED) is 0.553. The van der Waals surface area contributed by atoms with Crippen LogP contribution in [0.3, 0.4) is 0 Å². The van der Waals surface area contributed by atoms with Gasteiger partial charge in [0.15, 0.2) is 28.8 Å². The van der Waals surface area contributed by atoms with Crippen molar-refractivity contribution in [2.45, 2.75) is 24.2 Å². The maximum absolute atomic E-state index is 13.3. The minimum atomic E-state index is -0.696. The summed E-state index contributed by atoms with van der Waals surface area (Å²) in [4.78, 5) is 13.3. The van der Waals surface area contributed by atoms with Gasteiger partial charge < -0.3 is 43.6 Å². The lowest BCUT2D eigenvalue weighted by molar-refractivity contribution is -0.141. The average Bonchev–Trinajstić information content (AvgIpc) is 3.70. The van der Waals surface area contributed by atoms with E-state index in [9.17, 15) is 9.90 Å². The highest BCUT2D eigenvalue weighted by molar-refractivity contribution is 5.79. The molecule has 2 saturated heterocycles. The topological polar surface area (TPSA) is 114 Å². The third-order valence-corrected chi connectivity index (χ3v) is 8.27. The number of ether oxygens (including phenoxy) is 7. The number of aromatic hydroxyl groups is 1. The van der Waals surface area contributed by atoms with E-state index in [0.29, 0.717) is 31.1 Å². The first-order valence-electron chi connectivity index (χ1n) is 13.0. The zero-order chi connectivity index (χ0) is 26.7. The summed E-state index contributed by atoms with van der Waals surface area (Å²) in [6.07, 6.45) is 6.56. The molecule has 0 aromatic heterocycles. The molecule has 0 radical (unpaired) electrons. The van der Waals surface area contributed by atoms with Gasteiger partial charge in [0.1, 0.15) is 0 Å². The molecule has 0 unspecified atom stereocenters. The van der Waals surface area contributed by atoms with Gasteiger partial charge >= 0.3 is 5.97 Å². The summed E-state index contributed by atoms with van der Waals surface area (Å²) in [5.41, 5.74) is 3.57. The van der Waals surface area contributed by atoms with Crippen LogP contribution in [-0.2, 0) is 19.0 Å². The second-order valence-electron chi connectivity index (χ2n) is 10.2. The highest BCUT2D eigenvalue weighted by atomic mass is 16.7. The third-order valence-electron chi connectivity index (χ3n) is 8.27. The van der Waals surface area contributed by atoms with Crippen LogP contribution < -0.4 is 24.3 Å². The number of fused-ring (bicyclic) bond motifs is 3. The largest absolute Gasteiger partial charge is 0.502 e. The molecule has 0 amide bonds. The van der Waals surface area contributed by atoms with Crippen molar-refractivity contribution in [2.75, 3.05) is 40.8 Å². The van der Waals surface area contributed by atoms with E-state index in [2.05, 4.69) is 11.4 Å². The molecule has 2 aliphatic carbocycles. The van der Waals surface area contributed by atoms with Crippen molar-refractivity contribution in [2.24, 2.45) is 11.8 Å². The predicted octanol–water partition coefficient (Wildman–Crippen LogP) is 3.29. The van der Waals surface area contributed by atoms with Crippen LogP contribution >= 0.6 is 0 Å². The Balaban J connectivity index is 1.34. The Bertz CT molecular complexity index is 1370. The number of cyclic esters (lactones) is 1. The van der Waals surface area contributed by atoms with E-state index in [-0.39, 0.29) is 48.6 Å². The van der Waals surface area contributed by atoms with Crippen LogP contribution in [0.4, 0.5) is 0 Å². The Morgan fingerprint density at radius 1 is 0.974 bits per heavy atom. The van der Waals surface area contributed by atoms with Crippen LogP contribution in [0, 0.1) is 11.8 Å². The van der Waals surface area contributed by atoms with Gasteiger partial charge in [0, 0.05) is 24.0 Å². The molecule has 10 nitrogen and oxygen atoms in total. The number of hydrogen-bond acceptors (Lipinski definition) is 10. The number of hydrogen-bond donors (Lipinski definition) is 2. The fourth-order valence-electron chi connectivity index (χ4n) is 6.42. The second-order valence-corrected chi connectivity index (χ2v) is 10.2. The monoisotopic (exact) mass is 535 g/mol. The molecule has 2 aromatic carbocycles. The van der Waals surface area contributed by atoms with E-state index >= 15 is 0 Å². The first-order chi connectivity index (χ1) is 19.0. The smallest absolute Gasteiger partial charge is 0.310 e. The summed E-state index contributed by atoms with van der Waals surface area (Å²) >= 11 is 0. The fourth-order valence-corrected chi connectivity index (χ4v) is 6.42. The lowest BCUT2D eigenvalue weighted by Gasteiger charge is -2.40. The summed E-state index contributed by atoms with van der Waals surface area (Å²) in [6.45, 7) is 1.54. The summed E-state index contributed by atoms with van der Waals surface area (Å²) in [7, 11) is 2.96. The molecular weight excluding hydrogens is 506 g/mol. The maximum atomic E-state index is 13.3. The number of carbonyl (C=O) groups excluding carboxylic acids is 1. The van der Waals surface area contributed by atoms with Gasteiger partial charge in [-0.1, -0.05) is 6.08 Å². The Morgan fingerprint density at radius 3 is 2.31 bits per heavy atom. The number of methoxy groups -OCH3 is 2. The Labute approximate surface area is 225 Å². The Kier molecular flexibility index (Phi) is 5.64. The molecule has 3 heterocycles. The lowest BCUT2D eigenvalue weighted by Crippen LogP contribution is -2.41. The minimum Gasteiger partial charge on any atom is -0.502 e. The molecular formula is C29H29NO9. The molecule has 0 saturated carbocycles. The van der Waals surface area contributed by atoms with Gasteiger partial charge in [-0.05, 0) is 53.1 Å². The SMILES string of the molecule is COc1cc([C@@H]2c3cc4c(cc3[C@@H](NC3=CCC5(C=C3)OCCO5)[C@H]3COC(=O)[C@H]23)OCO4)cc(OC)c1O. The van der Waals surface area contributed by atoms with Crippen molar-refractivity contribution in [3.8, 4) is 28.7 Å². The van der Waals surface area contributed by atoms with Gasteiger partial charge in [-0.3, -0.25) is 4.79 Å². The zero-order valence-corrected chi connectivity index (χ0v) is 21.6. The second kappa shape index (κ2) is 9.10. The van der Waals surface area contributed by atoms with E-state index in [1.807, 2.05) is 24.3 Å². The van der Waals surface area contributed by atoms with Gasteiger partial charge in [0.05, 0.1) is 46.0 Å². The standard InChI is InChI=1S/C29H29NO9/c1-33-22-9-15(10-23(34-2)27(22)31)24-17-11-20-21(37-14-36-20)12-18(17)26(19-13-35-28(32)25(19)24)30-16-3-5-29(6-4-16)38-7-8-39-29/h3-5,9-12,19,24-26,30-31H,6-8,13-14H2,1-2H3/t19-,24+,25-,26+/m0/s1. The van der Waals surface area contributed by atoms with E-state index in [0.717, 1.165) is 22.4 Å². The molecule has 39 heavy (non-hydrogen) atoms. The van der Waals surface area contributed by atoms with Gasteiger partial charge in [-0.25, -0.2) is 0 Å². The molecule has 2 N–H and O–H groups in total. The Hall–Kier alpha value is -3.89. The molecule has 2 fully saturated rings. The number of esters is 1. The maximum Gasteiger partial charge on any atom is 0.310 e.